The lowest BCUT2D eigenvalue weighted by Gasteiger charge is -2.06. The number of hydrogen-bond donors (Lipinski definition) is 0. The Morgan fingerprint density at radius 3 is 2.55 bits per heavy atom. The number of carbonyl (C=O) groups excluding carboxylic acids is 1. The van der Waals surface area contributed by atoms with Gasteiger partial charge in [0, 0.05) is 6.92 Å². The molecule has 2 aromatic rings. The van der Waals surface area contributed by atoms with Gasteiger partial charge in [-0.25, -0.2) is 0 Å². The molecule has 2 heteroatoms. The maximum atomic E-state index is 10.9. The Bertz CT molecular complexity index is 600. The molecule has 0 aliphatic rings. The van der Waals surface area contributed by atoms with Crippen molar-refractivity contribution in [1.82, 2.24) is 0 Å². The number of ether oxygens (including phenoxy) is 1. The molecule has 20 heavy (non-hydrogen) atoms. The van der Waals surface area contributed by atoms with Gasteiger partial charge in [-0.15, -0.1) is 0 Å². The molecule has 0 saturated carbocycles. The largest absolute Gasteiger partial charge is 0.427 e. The maximum absolute atomic E-state index is 10.9. The van der Waals surface area contributed by atoms with Crippen LogP contribution in [0.25, 0.3) is 6.08 Å². The van der Waals surface area contributed by atoms with Crippen molar-refractivity contribution in [1.29, 1.82) is 0 Å². The highest BCUT2D eigenvalue weighted by Crippen LogP contribution is 2.19. The van der Waals surface area contributed by atoms with Crippen molar-refractivity contribution in [2.45, 2.75) is 19.8 Å². The zero-order chi connectivity index (χ0) is 14.4. The number of rotatable bonds is 4. The fourth-order valence-corrected chi connectivity index (χ4v) is 1.97. The van der Waals surface area contributed by atoms with E-state index in [4.69, 9.17) is 4.74 Å². The van der Waals surface area contributed by atoms with Crippen molar-refractivity contribution < 1.29 is 9.53 Å². The monoisotopic (exact) mass is 266 g/mol. The van der Waals surface area contributed by atoms with Crippen LogP contribution in [0.1, 0.15) is 30.9 Å². The van der Waals surface area contributed by atoms with Gasteiger partial charge in [0.2, 0.25) is 0 Å². The lowest BCUT2D eigenvalue weighted by molar-refractivity contribution is -0.131. The van der Waals surface area contributed by atoms with Crippen molar-refractivity contribution in [2.75, 3.05) is 0 Å². The summed E-state index contributed by atoms with van der Waals surface area (Å²) in [6, 6.07) is 17.8. The van der Waals surface area contributed by atoms with E-state index < -0.39 is 0 Å². The van der Waals surface area contributed by atoms with E-state index in [2.05, 4.69) is 25.1 Å². The molecule has 0 aromatic heterocycles. The highest BCUT2D eigenvalue weighted by atomic mass is 16.5. The van der Waals surface area contributed by atoms with Crippen molar-refractivity contribution in [3.05, 3.63) is 71.8 Å². The third kappa shape index (κ3) is 4.09. The predicted octanol–water partition coefficient (Wildman–Crippen LogP) is 4.43. The van der Waals surface area contributed by atoms with Gasteiger partial charge in [0.05, 0.1) is 0 Å². The zero-order valence-corrected chi connectivity index (χ0v) is 11.7. The first-order valence-corrected chi connectivity index (χ1v) is 6.67. The lowest BCUT2D eigenvalue weighted by Crippen LogP contribution is -2.01. The van der Waals surface area contributed by atoms with Gasteiger partial charge in [-0.2, -0.15) is 0 Å². The van der Waals surface area contributed by atoms with E-state index in [-0.39, 0.29) is 5.97 Å². The summed E-state index contributed by atoms with van der Waals surface area (Å²) in [7, 11) is 0. The van der Waals surface area contributed by atoms with Crippen molar-refractivity contribution in [2.24, 2.45) is 0 Å². The van der Waals surface area contributed by atoms with Crippen LogP contribution < -0.4 is 4.74 Å². The summed E-state index contributed by atoms with van der Waals surface area (Å²) in [6.45, 7) is 3.56. The molecule has 0 aliphatic carbocycles. The number of benzene rings is 2. The Balaban J connectivity index is 2.09. The van der Waals surface area contributed by atoms with E-state index in [1.807, 2.05) is 42.5 Å². The molecule has 0 heterocycles. The van der Waals surface area contributed by atoms with Crippen molar-refractivity contribution >= 4 is 12.0 Å². The second-order valence-corrected chi connectivity index (χ2v) is 4.72. The Morgan fingerprint density at radius 2 is 1.85 bits per heavy atom. The quantitative estimate of drug-likeness (QED) is 0.604. The van der Waals surface area contributed by atoms with Crippen LogP contribution in [0, 0.1) is 0 Å². The molecule has 0 aliphatic heterocycles. The molecule has 0 saturated heterocycles. The summed E-state index contributed by atoms with van der Waals surface area (Å²) in [5.41, 5.74) is 2.30. The summed E-state index contributed by atoms with van der Waals surface area (Å²) >= 11 is 0. The summed E-state index contributed by atoms with van der Waals surface area (Å²) in [5, 5.41) is 0. The maximum Gasteiger partial charge on any atom is 0.308 e. The molecule has 0 amide bonds. The summed E-state index contributed by atoms with van der Waals surface area (Å²) in [5.74, 6) is 0.615. The minimum Gasteiger partial charge on any atom is -0.427 e. The lowest BCUT2D eigenvalue weighted by atomic mass is 10.00. The predicted molar refractivity (Wildman–Crippen MR) is 81.6 cm³/mol. The molecule has 2 rings (SSSR count). The minimum atomic E-state index is -0.302. The third-order valence-electron chi connectivity index (χ3n) is 3.02. The van der Waals surface area contributed by atoms with Crippen LogP contribution in [0.5, 0.6) is 5.75 Å². The van der Waals surface area contributed by atoms with Gasteiger partial charge in [0.25, 0.3) is 0 Å². The van der Waals surface area contributed by atoms with Gasteiger partial charge >= 0.3 is 5.97 Å². The molecular formula is C18H18O2. The molecular weight excluding hydrogens is 248 g/mol. The Morgan fingerprint density at radius 1 is 1.10 bits per heavy atom. The molecule has 0 bridgehead atoms. The first-order chi connectivity index (χ1) is 9.65. The standard InChI is InChI=1S/C18H18O2/c1-14(17-8-4-3-5-9-17)11-12-16-7-6-10-18(13-16)20-15(2)19/h3-14H,1-2H3. The molecule has 0 radical (unpaired) electrons. The van der Waals surface area contributed by atoms with Gasteiger partial charge in [-0.1, -0.05) is 61.5 Å². The highest BCUT2D eigenvalue weighted by Gasteiger charge is 2.01. The van der Waals surface area contributed by atoms with Gasteiger partial charge < -0.3 is 4.74 Å². The van der Waals surface area contributed by atoms with Crippen molar-refractivity contribution in [3.63, 3.8) is 0 Å². The molecule has 0 spiro atoms. The average molecular weight is 266 g/mol. The SMILES string of the molecule is CC(=O)Oc1cccc(C=CC(C)c2ccccc2)c1. The van der Waals surface area contributed by atoms with Crippen LogP contribution in [-0.4, -0.2) is 5.97 Å². The van der Waals surface area contributed by atoms with Crippen LogP contribution in [-0.2, 0) is 4.79 Å². The highest BCUT2D eigenvalue weighted by molar-refractivity contribution is 5.69. The zero-order valence-electron chi connectivity index (χ0n) is 11.7. The van der Waals surface area contributed by atoms with E-state index in [1.54, 1.807) is 6.07 Å². The first kappa shape index (κ1) is 14.1. The number of allylic oxidation sites excluding steroid dienone is 1. The average Bonchev–Trinajstić information content (AvgIpc) is 2.45. The summed E-state index contributed by atoms with van der Waals surface area (Å²) in [4.78, 5) is 10.9. The van der Waals surface area contributed by atoms with Crippen LogP contribution in [0.3, 0.4) is 0 Å². The number of esters is 1. The molecule has 0 fully saturated rings. The molecule has 102 valence electrons. The Labute approximate surface area is 119 Å². The van der Waals surface area contributed by atoms with E-state index >= 15 is 0 Å². The van der Waals surface area contributed by atoms with Gasteiger partial charge in [0.1, 0.15) is 5.75 Å². The molecule has 0 N–H and O–H groups in total. The van der Waals surface area contributed by atoms with Gasteiger partial charge in [0.15, 0.2) is 0 Å². The van der Waals surface area contributed by atoms with Crippen LogP contribution in [0.15, 0.2) is 60.7 Å². The molecule has 1 atom stereocenters. The second-order valence-electron chi connectivity index (χ2n) is 4.72. The summed E-state index contributed by atoms with van der Waals surface area (Å²) in [6.07, 6.45) is 4.19. The third-order valence-corrected chi connectivity index (χ3v) is 3.02. The van der Waals surface area contributed by atoms with Gasteiger partial charge in [-0.3, -0.25) is 4.79 Å². The smallest absolute Gasteiger partial charge is 0.308 e. The minimum absolute atomic E-state index is 0.302. The van der Waals surface area contributed by atoms with E-state index in [0.29, 0.717) is 11.7 Å². The fourth-order valence-electron chi connectivity index (χ4n) is 1.97. The molecule has 2 nitrogen and oxygen atoms in total. The second kappa shape index (κ2) is 6.71. The Hall–Kier alpha value is -2.35. The van der Waals surface area contributed by atoms with Crippen LogP contribution >= 0.6 is 0 Å². The van der Waals surface area contributed by atoms with Crippen molar-refractivity contribution in [3.8, 4) is 5.75 Å². The first-order valence-electron chi connectivity index (χ1n) is 6.67. The van der Waals surface area contributed by atoms with Crippen LogP contribution in [0.2, 0.25) is 0 Å². The normalized spacial score (nSPS) is 12.3. The van der Waals surface area contributed by atoms with Crippen LogP contribution in [0.4, 0.5) is 0 Å². The Kier molecular flexibility index (Phi) is 4.72. The molecule has 2 aromatic carbocycles. The van der Waals surface area contributed by atoms with Gasteiger partial charge in [-0.05, 0) is 29.2 Å². The number of hydrogen-bond acceptors (Lipinski definition) is 2. The number of carbonyl (C=O) groups is 1. The fraction of sp³-hybridized carbons (Fsp3) is 0.167. The van der Waals surface area contributed by atoms with E-state index in [1.165, 1.54) is 12.5 Å². The van der Waals surface area contributed by atoms with E-state index in [0.717, 1.165) is 5.56 Å². The molecule has 1 unspecified atom stereocenters. The van der Waals surface area contributed by atoms with E-state index in [9.17, 15) is 4.79 Å². The topological polar surface area (TPSA) is 26.3 Å². The summed E-state index contributed by atoms with van der Waals surface area (Å²) < 4.78 is 5.07.